The van der Waals surface area contributed by atoms with Crippen LogP contribution in [0.1, 0.15) is 12.5 Å². The summed E-state index contributed by atoms with van der Waals surface area (Å²) in [6.07, 6.45) is 1.58. The smallest absolute Gasteiger partial charge is 0.291 e. The Kier molecular flexibility index (Phi) is 5.72. The van der Waals surface area contributed by atoms with Crippen molar-refractivity contribution >= 4 is 5.91 Å². The molecule has 0 unspecified atom stereocenters. The highest BCUT2D eigenvalue weighted by Gasteiger charge is 2.22. The molecule has 4 nitrogen and oxygen atoms in total. The molecule has 154 valence electrons. The van der Waals surface area contributed by atoms with Crippen molar-refractivity contribution in [3.05, 3.63) is 120 Å². The van der Waals surface area contributed by atoms with Gasteiger partial charge in [-0.15, -0.1) is 0 Å². The van der Waals surface area contributed by atoms with E-state index in [-0.39, 0.29) is 11.5 Å². The first-order valence-corrected chi connectivity index (χ1v) is 10.0. The average molecular weight is 409 g/mol. The second-order valence-electron chi connectivity index (χ2n) is 7.38. The summed E-state index contributed by atoms with van der Waals surface area (Å²) in [5, 5.41) is 12.8. The molecule has 1 aliphatic rings. The van der Waals surface area contributed by atoms with Crippen LogP contribution < -0.4 is 5.32 Å². The normalized spacial score (nSPS) is 13.5. The molecule has 1 amide bonds. The van der Waals surface area contributed by atoms with E-state index in [2.05, 4.69) is 48.3 Å². The zero-order valence-electron chi connectivity index (χ0n) is 17.3. The Bertz CT molecular complexity index is 1170. The number of benzene rings is 3. The third kappa shape index (κ3) is 4.59. The number of allylic oxidation sites excluding steroid dienone is 2. The summed E-state index contributed by atoms with van der Waals surface area (Å²) in [5.74, 6) is -0.334. The van der Waals surface area contributed by atoms with E-state index in [4.69, 9.17) is 4.74 Å². The minimum Gasteiger partial charge on any atom is -0.504 e. The fraction of sp³-hybridized carbons (Fsp3) is 0.0741. The van der Waals surface area contributed by atoms with Gasteiger partial charge < -0.3 is 15.2 Å². The summed E-state index contributed by atoms with van der Waals surface area (Å²) in [4.78, 5) is 12.4. The van der Waals surface area contributed by atoms with Crippen molar-refractivity contribution in [3.63, 3.8) is 0 Å². The van der Waals surface area contributed by atoms with E-state index in [9.17, 15) is 9.90 Å². The molecule has 0 saturated carbocycles. The van der Waals surface area contributed by atoms with Gasteiger partial charge in [-0.2, -0.15) is 0 Å². The third-order valence-corrected chi connectivity index (χ3v) is 5.10. The number of carbonyl (C=O) groups is 1. The highest BCUT2D eigenvalue weighted by molar-refractivity contribution is 5.93. The van der Waals surface area contributed by atoms with Crippen LogP contribution in [0.4, 0.5) is 0 Å². The van der Waals surface area contributed by atoms with Gasteiger partial charge in [0.05, 0.1) is 0 Å². The maximum Gasteiger partial charge on any atom is 0.291 e. The molecule has 0 atom stereocenters. The van der Waals surface area contributed by atoms with E-state index in [1.165, 1.54) is 11.1 Å². The number of aliphatic hydroxyl groups is 1. The number of rotatable bonds is 5. The Balaban J connectivity index is 1.40. The number of aliphatic hydroxyl groups excluding tert-OH is 1. The van der Waals surface area contributed by atoms with Crippen molar-refractivity contribution in [1.82, 2.24) is 5.32 Å². The van der Waals surface area contributed by atoms with Crippen molar-refractivity contribution < 1.29 is 14.6 Å². The van der Waals surface area contributed by atoms with Crippen molar-refractivity contribution in [2.75, 3.05) is 0 Å². The molecule has 0 radical (unpaired) electrons. The SMILES string of the molecule is C=C1C=C(C)OC(C(=O)NCc2ccc(-c3ccc(-c4ccccc4)cc3)cc2)=C1O. The predicted molar refractivity (Wildman–Crippen MR) is 123 cm³/mol. The number of nitrogens with one attached hydrogen (secondary N) is 1. The van der Waals surface area contributed by atoms with Gasteiger partial charge in [0, 0.05) is 12.1 Å². The highest BCUT2D eigenvalue weighted by Crippen LogP contribution is 2.26. The molecule has 31 heavy (non-hydrogen) atoms. The second kappa shape index (κ2) is 8.76. The molecule has 0 spiro atoms. The zero-order chi connectivity index (χ0) is 21.8. The van der Waals surface area contributed by atoms with Gasteiger partial charge in [0.1, 0.15) is 5.76 Å². The molecular weight excluding hydrogens is 386 g/mol. The fourth-order valence-electron chi connectivity index (χ4n) is 3.42. The van der Waals surface area contributed by atoms with Crippen LogP contribution in [0, 0.1) is 0 Å². The van der Waals surface area contributed by atoms with Crippen LogP contribution in [0.15, 0.2) is 114 Å². The summed E-state index contributed by atoms with van der Waals surface area (Å²) in [5.41, 5.74) is 5.90. The van der Waals surface area contributed by atoms with Crippen LogP contribution in [-0.4, -0.2) is 11.0 Å². The summed E-state index contributed by atoms with van der Waals surface area (Å²) in [6.45, 7) is 5.74. The van der Waals surface area contributed by atoms with Crippen molar-refractivity contribution in [1.29, 1.82) is 0 Å². The van der Waals surface area contributed by atoms with E-state index in [0.29, 0.717) is 17.9 Å². The maximum atomic E-state index is 12.4. The lowest BCUT2D eigenvalue weighted by Gasteiger charge is -2.17. The molecule has 3 aromatic rings. The fourth-order valence-corrected chi connectivity index (χ4v) is 3.42. The first kappa shape index (κ1) is 20.2. The second-order valence-corrected chi connectivity index (χ2v) is 7.38. The number of carbonyl (C=O) groups excluding carboxylic acids is 1. The molecule has 4 heteroatoms. The van der Waals surface area contributed by atoms with E-state index in [1.54, 1.807) is 13.0 Å². The molecule has 1 aliphatic heterocycles. The summed E-state index contributed by atoms with van der Waals surface area (Å²) in [7, 11) is 0. The molecule has 0 saturated heterocycles. The van der Waals surface area contributed by atoms with Crippen LogP contribution in [-0.2, 0) is 16.1 Å². The van der Waals surface area contributed by atoms with Crippen molar-refractivity contribution in [3.8, 4) is 22.3 Å². The van der Waals surface area contributed by atoms with Crippen LogP contribution in [0.2, 0.25) is 0 Å². The van der Waals surface area contributed by atoms with E-state index in [1.807, 2.05) is 42.5 Å². The standard InChI is InChI=1S/C27H23NO3/c1-18-16-19(2)31-26(25(18)29)27(30)28-17-20-8-10-22(11-9-20)24-14-12-23(13-15-24)21-6-4-3-5-7-21/h3-16,29H,1,17H2,2H3,(H,28,30). The molecule has 4 rings (SSSR count). The van der Waals surface area contributed by atoms with Gasteiger partial charge in [-0.25, -0.2) is 0 Å². The largest absolute Gasteiger partial charge is 0.504 e. The highest BCUT2D eigenvalue weighted by atomic mass is 16.5. The quantitative estimate of drug-likeness (QED) is 0.552. The topological polar surface area (TPSA) is 58.6 Å². The minimum atomic E-state index is -0.480. The van der Waals surface area contributed by atoms with Gasteiger partial charge in [0.25, 0.3) is 5.91 Å². The Labute approximate surface area is 181 Å². The molecule has 3 aromatic carbocycles. The van der Waals surface area contributed by atoms with Crippen LogP contribution in [0.25, 0.3) is 22.3 Å². The van der Waals surface area contributed by atoms with Gasteiger partial charge in [0.15, 0.2) is 5.76 Å². The van der Waals surface area contributed by atoms with Gasteiger partial charge in [-0.1, -0.05) is 85.4 Å². The van der Waals surface area contributed by atoms with Crippen LogP contribution >= 0.6 is 0 Å². The number of hydrogen-bond acceptors (Lipinski definition) is 3. The van der Waals surface area contributed by atoms with Crippen LogP contribution in [0.3, 0.4) is 0 Å². The van der Waals surface area contributed by atoms with E-state index < -0.39 is 5.91 Å². The molecule has 0 aromatic heterocycles. The molecule has 0 fully saturated rings. The molecule has 0 aliphatic carbocycles. The van der Waals surface area contributed by atoms with Crippen molar-refractivity contribution in [2.45, 2.75) is 13.5 Å². The monoisotopic (exact) mass is 409 g/mol. The van der Waals surface area contributed by atoms with E-state index >= 15 is 0 Å². The summed E-state index contributed by atoms with van der Waals surface area (Å²) >= 11 is 0. The predicted octanol–water partition coefficient (Wildman–Crippen LogP) is 5.90. The molecule has 1 heterocycles. The Morgan fingerprint density at radius 3 is 1.97 bits per heavy atom. The van der Waals surface area contributed by atoms with Gasteiger partial charge in [-0.05, 0) is 40.8 Å². The lowest BCUT2D eigenvalue weighted by Crippen LogP contribution is -2.27. The minimum absolute atomic E-state index is 0.125. The van der Waals surface area contributed by atoms with Crippen molar-refractivity contribution in [2.24, 2.45) is 0 Å². The van der Waals surface area contributed by atoms with E-state index in [0.717, 1.165) is 16.7 Å². The van der Waals surface area contributed by atoms with Gasteiger partial charge in [0.2, 0.25) is 5.76 Å². The van der Waals surface area contributed by atoms with Gasteiger partial charge >= 0.3 is 0 Å². The van der Waals surface area contributed by atoms with Crippen LogP contribution in [0.5, 0.6) is 0 Å². The Morgan fingerprint density at radius 1 is 0.871 bits per heavy atom. The summed E-state index contributed by atoms with van der Waals surface area (Å²) < 4.78 is 5.36. The first-order chi connectivity index (χ1) is 15.0. The molecular formula is C27H23NO3. The Morgan fingerprint density at radius 2 is 1.39 bits per heavy atom. The molecule has 2 N–H and O–H groups in total. The summed E-state index contributed by atoms with van der Waals surface area (Å²) in [6, 6.07) is 26.7. The number of amides is 1. The third-order valence-electron chi connectivity index (χ3n) is 5.10. The lowest BCUT2D eigenvalue weighted by molar-refractivity contribution is -0.120. The lowest BCUT2D eigenvalue weighted by atomic mass is 9.99. The number of ether oxygens (including phenoxy) is 1. The average Bonchev–Trinajstić information content (AvgIpc) is 2.81. The zero-order valence-corrected chi connectivity index (χ0v) is 17.3. The molecule has 0 bridgehead atoms. The number of hydrogen-bond donors (Lipinski definition) is 2. The Hall–Kier alpha value is -4.05. The van der Waals surface area contributed by atoms with Gasteiger partial charge in [-0.3, -0.25) is 4.79 Å². The maximum absolute atomic E-state index is 12.4. The first-order valence-electron chi connectivity index (χ1n) is 10.0.